The number of carbonyl (C=O) groups excluding carboxylic acids is 1. The van der Waals surface area contributed by atoms with E-state index >= 15 is 0 Å². The van der Waals surface area contributed by atoms with E-state index in [1.165, 1.54) is 0 Å². The third-order valence-electron chi connectivity index (χ3n) is 3.65. The molecule has 1 aliphatic heterocycles. The largest absolute Gasteiger partial charge is 0.482 e. The molecular formula is C17H13ClF3NO3. The molecule has 0 aromatic heterocycles. The van der Waals surface area contributed by atoms with Gasteiger partial charge in [-0.15, -0.1) is 0 Å². The summed E-state index contributed by atoms with van der Waals surface area (Å²) in [4.78, 5) is 12.4. The van der Waals surface area contributed by atoms with E-state index in [1.54, 1.807) is 31.2 Å². The van der Waals surface area contributed by atoms with Crippen LogP contribution < -0.4 is 14.8 Å². The van der Waals surface area contributed by atoms with Gasteiger partial charge < -0.3 is 14.8 Å². The summed E-state index contributed by atoms with van der Waals surface area (Å²) in [5, 5.41) is 2.37. The number of hydrogen-bond donors (Lipinski definition) is 1. The van der Waals surface area contributed by atoms with Gasteiger partial charge in [-0.05, 0) is 37.3 Å². The molecular weight excluding hydrogens is 359 g/mol. The van der Waals surface area contributed by atoms with Gasteiger partial charge >= 0.3 is 6.18 Å². The molecule has 2 aromatic rings. The molecule has 2 aromatic carbocycles. The lowest BCUT2D eigenvalue weighted by Crippen LogP contribution is -2.46. The van der Waals surface area contributed by atoms with Crippen LogP contribution in [0.3, 0.4) is 0 Å². The van der Waals surface area contributed by atoms with Crippen molar-refractivity contribution in [3.05, 3.63) is 53.1 Å². The number of hydrogen-bond acceptors (Lipinski definition) is 3. The van der Waals surface area contributed by atoms with Crippen LogP contribution in [0.5, 0.6) is 11.5 Å². The van der Waals surface area contributed by atoms with Crippen LogP contribution in [-0.2, 0) is 11.0 Å². The van der Waals surface area contributed by atoms with Gasteiger partial charge in [0.2, 0.25) is 6.10 Å². The quantitative estimate of drug-likeness (QED) is 0.844. The standard InChI is InChI=1S/C17H13ClF3NO3/c1-9-15(25-14-5-3-2-4-13(14)24-9)16(23)22-12-8-10(17(19,20)21)6-7-11(12)18/h2-9,15H,1H3,(H,22,23)/t9-,15+/m0/s1. The Bertz CT molecular complexity index is 810. The van der Waals surface area contributed by atoms with E-state index in [0.717, 1.165) is 18.2 Å². The van der Waals surface area contributed by atoms with E-state index < -0.39 is 29.9 Å². The Morgan fingerprint density at radius 1 is 1.12 bits per heavy atom. The third-order valence-corrected chi connectivity index (χ3v) is 3.98. The fraction of sp³-hybridized carbons (Fsp3) is 0.235. The van der Waals surface area contributed by atoms with Crippen LogP contribution in [0.25, 0.3) is 0 Å². The zero-order valence-corrected chi connectivity index (χ0v) is 13.7. The first-order chi connectivity index (χ1) is 11.8. The van der Waals surface area contributed by atoms with Gasteiger partial charge in [0.25, 0.3) is 5.91 Å². The molecule has 0 saturated heterocycles. The first kappa shape index (κ1) is 17.4. The number of anilines is 1. The van der Waals surface area contributed by atoms with Gasteiger partial charge in [0.1, 0.15) is 6.10 Å². The van der Waals surface area contributed by atoms with Crippen LogP contribution in [0.15, 0.2) is 42.5 Å². The predicted octanol–water partition coefficient (Wildman–Crippen LogP) is 4.53. The molecule has 2 atom stereocenters. The number of nitrogens with one attached hydrogen (secondary N) is 1. The lowest BCUT2D eigenvalue weighted by molar-refractivity contribution is -0.137. The van der Waals surface area contributed by atoms with Gasteiger partial charge in [0.05, 0.1) is 16.3 Å². The number of amides is 1. The van der Waals surface area contributed by atoms with Crippen LogP contribution in [0, 0.1) is 0 Å². The number of benzene rings is 2. The van der Waals surface area contributed by atoms with E-state index in [-0.39, 0.29) is 10.7 Å². The van der Waals surface area contributed by atoms with Crippen molar-refractivity contribution in [2.24, 2.45) is 0 Å². The lowest BCUT2D eigenvalue weighted by atomic mass is 10.1. The molecule has 0 spiro atoms. The summed E-state index contributed by atoms with van der Waals surface area (Å²) in [7, 11) is 0. The van der Waals surface area contributed by atoms with Crippen LogP contribution in [0.2, 0.25) is 5.02 Å². The maximum atomic E-state index is 12.8. The topological polar surface area (TPSA) is 47.6 Å². The van der Waals surface area contributed by atoms with Crippen molar-refractivity contribution in [3.63, 3.8) is 0 Å². The zero-order valence-electron chi connectivity index (χ0n) is 12.9. The number of carbonyl (C=O) groups is 1. The molecule has 132 valence electrons. The predicted molar refractivity (Wildman–Crippen MR) is 86.0 cm³/mol. The highest BCUT2D eigenvalue weighted by atomic mass is 35.5. The highest BCUT2D eigenvalue weighted by Crippen LogP contribution is 2.36. The molecule has 25 heavy (non-hydrogen) atoms. The summed E-state index contributed by atoms with van der Waals surface area (Å²) in [6.45, 7) is 1.63. The molecule has 1 aliphatic rings. The van der Waals surface area contributed by atoms with Gasteiger partial charge in [-0.2, -0.15) is 13.2 Å². The maximum absolute atomic E-state index is 12.8. The van der Waals surface area contributed by atoms with Crippen molar-refractivity contribution in [3.8, 4) is 11.5 Å². The molecule has 1 amide bonds. The second-order valence-corrected chi connectivity index (χ2v) is 5.90. The second kappa shape index (κ2) is 6.48. The van der Waals surface area contributed by atoms with E-state index in [4.69, 9.17) is 21.1 Å². The molecule has 0 unspecified atom stereocenters. The van der Waals surface area contributed by atoms with Crippen molar-refractivity contribution in [2.45, 2.75) is 25.3 Å². The van der Waals surface area contributed by atoms with Gasteiger partial charge in [-0.1, -0.05) is 23.7 Å². The van der Waals surface area contributed by atoms with Crippen molar-refractivity contribution >= 4 is 23.2 Å². The Morgan fingerprint density at radius 3 is 2.40 bits per heavy atom. The Morgan fingerprint density at radius 2 is 1.76 bits per heavy atom. The number of fused-ring (bicyclic) bond motifs is 1. The summed E-state index contributed by atoms with van der Waals surface area (Å²) in [5.74, 6) is 0.232. The highest BCUT2D eigenvalue weighted by molar-refractivity contribution is 6.33. The maximum Gasteiger partial charge on any atom is 0.416 e. The minimum atomic E-state index is -4.54. The molecule has 4 nitrogen and oxygen atoms in total. The number of halogens is 4. The Labute approximate surface area is 146 Å². The number of rotatable bonds is 2. The van der Waals surface area contributed by atoms with Gasteiger partial charge in [0, 0.05) is 0 Å². The average Bonchev–Trinajstić information content (AvgIpc) is 2.55. The van der Waals surface area contributed by atoms with Crippen LogP contribution in [-0.4, -0.2) is 18.1 Å². The summed E-state index contributed by atoms with van der Waals surface area (Å²) >= 11 is 5.89. The molecule has 1 N–H and O–H groups in total. The van der Waals surface area contributed by atoms with E-state index in [0.29, 0.717) is 11.5 Å². The Balaban J connectivity index is 1.81. The number of para-hydroxylation sites is 2. The van der Waals surface area contributed by atoms with Crippen molar-refractivity contribution in [1.29, 1.82) is 0 Å². The average molecular weight is 372 g/mol. The van der Waals surface area contributed by atoms with Gasteiger partial charge in [-0.3, -0.25) is 4.79 Å². The van der Waals surface area contributed by atoms with Gasteiger partial charge in [-0.25, -0.2) is 0 Å². The SMILES string of the molecule is C[C@@H]1Oc2ccccc2O[C@H]1C(=O)Nc1cc(C(F)(F)F)ccc1Cl. The molecule has 1 heterocycles. The van der Waals surface area contributed by atoms with Crippen molar-refractivity contribution in [1.82, 2.24) is 0 Å². The Hall–Kier alpha value is -2.41. The number of alkyl halides is 3. The summed E-state index contributed by atoms with van der Waals surface area (Å²) < 4.78 is 49.7. The minimum absolute atomic E-state index is 0.00821. The Kier molecular flexibility index (Phi) is 4.51. The normalized spacial score (nSPS) is 19.4. The molecule has 0 fully saturated rings. The summed E-state index contributed by atoms with van der Waals surface area (Å²) in [6.07, 6.45) is -6.19. The first-order valence-corrected chi connectivity index (χ1v) is 7.73. The van der Waals surface area contributed by atoms with E-state index in [1.807, 2.05) is 0 Å². The zero-order chi connectivity index (χ0) is 18.2. The second-order valence-electron chi connectivity index (χ2n) is 5.49. The molecule has 8 heteroatoms. The number of ether oxygens (including phenoxy) is 2. The molecule has 0 aliphatic carbocycles. The van der Waals surface area contributed by atoms with Crippen molar-refractivity contribution in [2.75, 3.05) is 5.32 Å². The molecule has 3 rings (SSSR count). The lowest BCUT2D eigenvalue weighted by Gasteiger charge is -2.31. The van der Waals surface area contributed by atoms with Crippen molar-refractivity contribution < 1.29 is 27.4 Å². The molecule has 0 radical (unpaired) electrons. The monoisotopic (exact) mass is 371 g/mol. The smallest absolute Gasteiger partial charge is 0.416 e. The minimum Gasteiger partial charge on any atom is -0.482 e. The highest BCUT2D eigenvalue weighted by Gasteiger charge is 2.35. The van der Waals surface area contributed by atoms with Crippen LogP contribution in [0.1, 0.15) is 12.5 Å². The third kappa shape index (κ3) is 3.66. The van der Waals surface area contributed by atoms with E-state index in [9.17, 15) is 18.0 Å². The van der Waals surface area contributed by atoms with Crippen LogP contribution >= 0.6 is 11.6 Å². The molecule has 0 saturated carbocycles. The molecule has 0 bridgehead atoms. The van der Waals surface area contributed by atoms with E-state index in [2.05, 4.69) is 5.32 Å². The first-order valence-electron chi connectivity index (χ1n) is 7.35. The van der Waals surface area contributed by atoms with Gasteiger partial charge in [0.15, 0.2) is 11.5 Å². The fourth-order valence-corrected chi connectivity index (χ4v) is 2.57. The van der Waals surface area contributed by atoms with Crippen LogP contribution in [0.4, 0.5) is 18.9 Å². The summed E-state index contributed by atoms with van der Waals surface area (Å²) in [5.41, 5.74) is -1.05. The fourth-order valence-electron chi connectivity index (χ4n) is 2.41. The summed E-state index contributed by atoms with van der Waals surface area (Å²) in [6, 6.07) is 9.52.